The van der Waals surface area contributed by atoms with Crippen LogP contribution in [0.15, 0.2) is 24.3 Å². The number of aryl methyl sites for hydroxylation is 1. The van der Waals surface area contributed by atoms with E-state index in [1.54, 1.807) is 0 Å². The van der Waals surface area contributed by atoms with Gasteiger partial charge in [0.25, 0.3) is 0 Å². The van der Waals surface area contributed by atoms with E-state index in [-0.39, 0.29) is 5.75 Å². The van der Waals surface area contributed by atoms with Gasteiger partial charge in [0.05, 0.1) is 11.3 Å². The minimum atomic E-state index is -3.02. The molecular formula is C12H16N2O2S. The number of hydrogen-bond acceptors (Lipinski definition) is 3. The number of benzene rings is 1. The maximum absolute atomic E-state index is 11.3. The summed E-state index contributed by atoms with van der Waals surface area (Å²) in [7, 11) is -1.14. The SMILES string of the molecule is Cn1c(CS(C)(=O)=O)cc2cccc(CN)c21. The predicted molar refractivity (Wildman–Crippen MR) is 69.4 cm³/mol. The lowest BCUT2D eigenvalue weighted by Crippen LogP contribution is -2.06. The van der Waals surface area contributed by atoms with Crippen molar-refractivity contribution in [2.24, 2.45) is 12.8 Å². The lowest BCUT2D eigenvalue weighted by Gasteiger charge is -2.06. The number of rotatable bonds is 3. The first kappa shape index (κ1) is 12.1. The van der Waals surface area contributed by atoms with E-state index in [0.29, 0.717) is 6.54 Å². The molecule has 5 heteroatoms. The van der Waals surface area contributed by atoms with E-state index in [4.69, 9.17) is 5.73 Å². The molecular weight excluding hydrogens is 236 g/mol. The summed E-state index contributed by atoms with van der Waals surface area (Å²) in [5, 5.41) is 1.04. The number of nitrogens with two attached hydrogens (primary N) is 1. The summed E-state index contributed by atoms with van der Waals surface area (Å²) in [4.78, 5) is 0. The van der Waals surface area contributed by atoms with E-state index >= 15 is 0 Å². The van der Waals surface area contributed by atoms with Gasteiger partial charge in [-0.2, -0.15) is 0 Å². The van der Waals surface area contributed by atoms with Crippen LogP contribution in [0.25, 0.3) is 10.9 Å². The van der Waals surface area contributed by atoms with Gasteiger partial charge in [0.1, 0.15) is 0 Å². The zero-order valence-corrected chi connectivity index (χ0v) is 10.8. The fourth-order valence-electron chi connectivity index (χ4n) is 2.13. The largest absolute Gasteiger partial charge is 0.346 e. The molecule has 0 unspecified atom stereocenters. The molecule has 0 spiro atoms. The molecule has 0 aliphatic carbocycles. The average Bonchev–Trinajstić information content (AvgIpc) is 2.53. The molecule has 0 fully saturated rings. The highest BCUT2D eigenvalue weighted by Gasteiger charge is 2.12. The van der Waals surface area contributed by atoms with Crippen LogP contribution in [0.4, 0.5) is 0 Å². The van der Waals surface area contributed by atoms with Gasteiger partial charge in [-0.15, -0.1) is 0 Å². The van der Waals surface area contributed by atoms with Crippen molar-refractivity contribution in [3.63, 3.8) is 0 Å². The molecule has 2 N–H and O–H groups in total. The highest BCUT2D eigenvalue weighted by Crippen LogP contribution is 2.23. The van der Waals surface area contributed by atoms with Crippen molar-refractivity contribution in [3.8, 4) is 0 Å². The van der Waals surface area contributed by atoms with Crippen LogP contribution in [0.5, 0.6) is 0 Å². The second-order valence-corrected chi connectivity index (χ2v) is 6.46. The Balaban J connectivity index is 2.65. The second-order valence-electron chi connectivity index (χ2n) is 4.32. The van der Waals surface area contributed by atoms with Crippen LogP contribution >= 0.6 is 0 Å². The summed E-state index contributed by atoms with van der Waals surface area (Å²) in [5.41, 5.74) is 8.54. The second kappa shape index (κ2) is 4.16. The third-order valence-corrected chi connectivity index (χ3v) is 3.69. The maximum atomic E-state index is 11.3. The van der Waals surface area contributed by atoms with Gasteiger partial charge in [0.2, 0.25) is 0 Å². The van der Waals surface area contributed by atoms with Crippen molar-refractivity contribution in [1.29, 1.82) is 0 Å². The number of sulfone groups is 1. The van der Waals surface area contributed by atoms with Crippen molar-refractivity contribution in [3.05, 3.63) is 35.5 Å². The number of hydrogen-bond donors (Lipinski definition) is 1. The molecule has 0 aliphatic heterocycles. The molecule has 1 aromatic carbocycles. The summed E-state index contributed by atoms with van der Waals surface area (Å²) in [5.74, 6) is 0.0577. The van der Waals surface area contributed by atoms with Crippen LogP contribution in [0.2, 0.25) is 0 Å². The van der Waals surface area contributed by atoms with E-state index < -0.39 is 9.84 Å². The van der Waals surface area contributed by atoms with Crippen molar-refractivity contribution < 1.29 is 8.42 Å². The van der Waals surface area contributed by atoms with Gasteiger partial charge in [-0.3, -0.25) is 0 Å². The van der Waals surface area contributed by atoms with Gasteiger partial charge in [0, 0.05) is 30.9 Å². The van der Waals surface area contributed by atoms with E-state index in [1.165, 1.54) is 6.26 Å². The topological polar surface area (TPSA) is 65.1 Å². The molecule has 0 saturated heterocycles. The fourth-order valence-corrected chi connectivity index (χ4v) is 2.94. The third kappa shape index (κ3) is 2.35. The zero-order valence-electron chi connectivity index (χ0n) is 9.97. The predicted octanol–water partition coefficient (Wildman–Crippen LogP) is 1.18. The summed E-state index contributed by atoms with van der Waals surface area (Å²) in [6.45, 7) is 0.452. The van der Waals surface area contributed by atoms with Gasteiger partial charge in [-0.25, -0.2) is 8.42 Å². The van der Waals surface area contributed by atoms with Crippen LogP contribution in [-0.4, -0.2) is 19.2 Å². The monoisotopic (exact) mass is 252 g/mol. The van der Waals surface area contributed by atoms with Gasteiger partial charge in [-0.05, 0) is 11.6 Å². The lowest BCUT2D eigenvalue weighted by atomic mass is 10.1. The molecule has 0 atom stereocenters. The Labute approximate surface area is 101 Å². The Kier molecular flexibility index (Phi) is 2.97. The minimum Gasteiger partial charge on any atom is -0.346 e. The first-order valence-electron chi connectivity index (χ1n) is 5.36. The Morgan fingerprint density at radius 1 is 1.35 bits per heavy atom. The molecule has 1 heterocycles. The quantitative estimate of drug-likeness (QED) is 0.892. The molecule has 1 aromatic heterocycles. The summed E-state index contributed by atoms with van der Waals surface area (Å²) in [6, 6.07) is 7.79. The normalized spacial score (nSPS) is 12.2. The Bertz CT molecular complexity index is 656. The van der Waals surface area contributed by atoms with Gasteiger partial charge in [-0.1, -0.05) is 18.2 Å². The zero-order chi connectivity index (χ0) is 12.6. The summed E-state index contributed by atoms with van der Waals surface area (Å²) in [6.07, 6.45) is 1.24. The molecule has 0 aliphatic rings. The van der Waals surface area contributed by atoms with E-state index in [0.717, 1.165) is 22.2 Å². The first-order valence-corrected chi connectivity index (χ1v) is 7.42. The molecule has 0 radical (unpaired) electrons. The average molecular weight is 252 g/mol. The van der Waals surface area contributed by atoms with Gasteiger partial charge in [0.15, 0.2) is 9.84 Å². The number of nitrogens with zero attached hydrogens (tertiary/aromatic N) is 1. The number of para-hydroxylation sites is 1. The van der Waals surface area contributed by atoms with E-state index in [9.17, 15) is 8.42 Å². The van der Waals surface area contributed by atoms with Crippen molar-refractivity contribution in [1.82, 2.24) is 4.57 Å². The Morgan fingerprint density at radius 2 is 2.06 bits per heavy atom. The van der Waals surface area contributed by atoms with Crippen molar-refractivity contribution in [2.75, 3.05) is 6.26 Å². The Morgan fingerprint density at radius 3 is 2.65 bits per heavy atom. The lowest BCUT2D eigenvalue weighted by molar-refractivity contribution is 0.599. The molecule has 0 bridgehead atoms. The molecule has 92 valence electrons. The van der Waals surface area contributed by atoms with Crippen LogP contribution in [0.1, 0.15) is 11.3 Å². The summed E-state index contributed by atoms with van der Waals surface area (Å²) >= 11 is 0. The minimum absolute atomic E-state index is 0.0577. The van der Waals surface area contributed by atoms with Crippen molar-refractivity contribution >= 4 is 20.7 Å². The highest BCUT2D eigenvalue weighted by atomic mass is 32.2. The van der Waals surface area contributed by atoms with Gasteiger partial charge >= 0.3 is 0 Å². The number of fused-ring (bicyclic) bond motifs is 1. The fraction of sp³-hybridized carbons (Fsp3) is 0.333. The molecule has 0 amide bonds. The van der Waals surface area contributed by atoms with Crippen LogP contribution in [0, 0.1) is 0 Å². The molecule has 2 rings (SSSR count). The number of aromatic nitrogens is 1. The molecule has 0 saturated carbocycles. The molecule has 2 aromatic rings. The van der Waals surface area contributed by atoms with E-state index in [2.05, 4.69) is 0 Å². The first-order chi connectivity index (χ1) is 7.92. The van der Waals surface area contributed by atoms with Gasteiger partial charge < -0.3 is 10.3 Å². The van der Waals surface area contributed by atoms with Crippen LogP contribution < -0.4 is 5.73 Å². The van der Waals surface area contributed by atoms with Crippen molar-refractivity contribution in [2.45, 2.75) is 12.3 Å². The Hall–Kier alpha value is -1.33. The summed E-state index contributed by atoms with van der Waals surface area (Å²) < 4.78 is 24.6. The smallest absolute Gasteiger partial charge is 0.153 e. The van der Waals surface area contributed by atoms with Crippen LogP contribution in [-0.2, 0) is 29.2 Å². The van der Waals surface area contributed by atoms with Crippen LogP contribution in [0.3, 0.4) is 0 Å². The molecule has 4 nitrogen and oxygen atoms in total. The highest BCUT2D eigenvalue weighted by molar-refractivity contribution is 7.89. The molecule has 17 heavy (non-hydrogen) atoms. The van der Waals surface area contributed by atoms with E-state index in [1.807, 2.05) is 35.9 Å². The maximum Gasteiger partial charge on any atom is 0.153 e. The third-order valence-electron chi connectivity index (χ3n) is 2.87. The standard InChI is InChI=1S/C12H16N2O2S/c1-14-11(8-17(2,15)16)6-9-4-3-5-10(7-13)12(9)14/h3-6H,7-8,13H2,1-2H3.